The summed E-state index contributed by atoms with van der Waals surface area (Å²) in [6.07, 6.45) is 4.05. The lowest BCUT2D eigenvalue weighted by atomic mass is 9.95. The van der Waals surface area contributed by atoms with Gasteiger partial charge in [-0.2, -0.15) is 0 Å². The monoisotopic (exact) mass is 373 g/mol. The Bertz CT molecular complexity index is 733. The molecule has 4 heterocycles. The van der Waals surface area contributed by atoms with Crippen LogP contribution in [0.3, 0.4) is 0 Å². The topological polar surface area (TPSA) is 54.3 Å². The molecule has 0 aliphatic carbocycles. The van der Waals surface area contributed by atoms with Crippen LogP contribution >= 0.6 is 11.3 Å². The van der Waals surface area contributed by atoms with Crippen molar-refractivity contribution < 1.29 is 4.79 Å². The molecule has 1 amide bonds. The van der Waals surface area contributed by atoms with Gasteiger partial charge in [0.05, 0.1) is 13.0 Å². The predicted molar refractivity (Wildman–Crippen MR) is 102 cm³/mol. The number of hydrogen-bond donors (Lipinski definition) is 0. The number of fused-ring (bicyclic) bond motifs is 1. The first-order valence-electron chi connectivity index (χ1n) is 9.69. The Balaban J connectivity index is 1.38. The number of piperidine rings is 1. The fraction of sp³-hybridized carbons (Fsp3) is 0.632. The molecule has 0 bridgehead atoms. The summed E-state index contributed by atoms with van der Waals surface area (Å²) in [6.45, 7) is 7.93. The normalized spacial score (nSPS) is 18.9. The fourth-order valence-corrected chi connectivity index (χ4v) is 4.80. The second-order valence-electron chi connectivity index (χ2n) is 7.31. The highest BCUT2D eigenvalue weighted by molar-refractivity contribution is 7.10. The molecule has 0 radical (unpaired) electrons. The predicted octanol–water partition coefficient (Wildman–Crippen LogP) is 2.51. The number of rotatable bonds is 5. The molecule has 0 atom stereocenters. The van der Waals surface area contributed by atoms with Gasteiger partial charge in [0.2, 0.25) is 5.91 Å². The Morgan fingerprint density at radius 2 is 2.08 bits per heavy atom. The van der Waals surface area contributed by atoms with Crippen LogP contribution in [0.2, 0.25) is 0 Å². The highest BCUT2D eigenvalue weighted by atomic mass is 32.1. The molecule has 0 aromatic carbocycles. The number of hydrogen-bond acceptors (Lipinski definition) is 5. The van der Waals surface area contributed by atoms with E-state index in [9.17, 15) is 4.79 Å². The summed E-state index contributed by atoms with van der Waals surface area (Å²) in [7, 11) is 0. The van der Waals surface area contributed by atoms with Gasteiger partial charge in [-0.05, 0) is 50.3 Å². The molecule has 4 rings (SSSR count). The van der Waals surface area contributed by atoms with E-state index in [1.165, 1.54) is 25.8 Å². The Hall–Kier alpha value is -1.73. The maximum Gasteiger partial charge on any atom is 0.228 e. The van der Waals surface area contributed by atoms with Crippen molar-refractivity contribution >= 4 is 17.2 Å². The largest absolute Gasteiger partial charge is 0.333 e. The van der Waals surface area contributed by atoms with Crippen molar-refractivity contribution in [2.75, 3.05) is 26.2 Å². The molecule has 2 aromatic rings. The Morgan fingerprint density at radius 3 is 2.81 bits per heavy atom. The van der Waals surface area contributed by atoms with Gasteiger partial charge in [0, 0.05) is 23.9 Å². The van der Waals surface area contributed by atoms with E-state index in [0.29, 0.717) is 18.9 Å². The molecule has 6 nitrogen and oxygen atoms in total. The van der Waals surface area contributed by atoms with Gasteiger partial charge in [-0.15, -0.1) is 21.5 Å². The third-order valence-electron chi connectivity index (χ3n) is 5.53. The van der Waals surface area contributed by atoms with Crippen LogP contribution in [0, 0.1) is 0 Å². The number of aromatic nitrogens is 3. The van der Waals surface area contributed by atoms with Crippen molar-refractivity contribution in [1.29, 1.82) is 0 Å². The standard InChI is InChI=1S/C19H27N5OS/c1-2-7-22-8-5-15(6-9-22)19-21-20-17-14-23(10-11-24(17)19)18(25)13-16-4-3-12-26-16/h3-4,12,15H,2,5-11,13-14H2,1H3. The summed E-state index contributed by atoms with van der Waals surface area (Å²) in [5, 5.41) is 11.0. The zero-order chi connectivity index (χ0) is 17.9. The number of likely N-dealkylation sites (tertiary alicyclic amines) is 1. The molecule has 140 valence electrons. The Morgan fingerprint density at radius 1 is 1.23 bits per heavy atom. The molecule has 2 aliphatic heterocycles. The molecular weight excluding hydrogens is 346 g/mol. The van der Waals surface area contributed by atoms with E-state index >= 15 is 0 Å². The highest BCUT2D eigenvalue weighted by Gasteiger charge is 2.29. The minimum Gasteiger partial charge on any atom is -0.333 e. The Kier molecular flexibility index (Phi) is 5.36. The first-order valence-corrected chi connectivity index (χ1v) is 10.6. The van der Waals surface area contributed by atoms with Crippen LogP contribution in [-0.4, -0.2) is 56.7 Å². The van der Waals surface area contributed by atoms with Crippen molar-refractivity contribution in [1.82, 2.24) is 24.6 Å². The van der Waals surface area contributed by atoms with Crippen LogP contribution in [0.25, 0.3) is 0 Å². The van der Waals surface area contributed by atoms with Crippen LogP contribution in [0.1, 0.15) is 48.6 Å². The molecule has 0 unspecified atom stereocenters. The van der Waals surface area contributed by atoms with Gasteiger partial charge in [0.15, 0.2) is 5.82 Å². The molecule has 1 saturated heterocycles. The second-order valence-corrected chi connectivity index (χ2v) is 8.35. The van der Waals surface area contributed by atoms with E-state index in [1.54, 1.807) is 11.3 Å². The molecule has 26 heavy (non-hydrogen) atoms. The van der Waals surface area contributed by atoms with Gasteiger partial charge in [-0.3, -0.25) is 4.79 Å². The van der Waals surface area contributed by atoms with E-state index in [4.69, 9.17) is 0 Å². The molecule has 0 spiro atoms. The zero-order valence-electron chi connectivity index (χ0n) is 15.4. The quantitative estimate of drug-likeness (QED) is 0.808. The smallest absolute Gasteiger partial charge is 0.228 e. The van der Waals surface area contributed by atoms with Crippen LogP contribution in [-0.2, 0) is 24.3 Å². The lowest BCUT2D eigenvalue weighted by Crippen LogP contribution is -2.40. The summed E-state index contributed by atoms with van der Waals surface area (Å²) < 4.78 is 2.27. The third kappa shape index (κ3) is 3.69. The maximum atomic E-state index is 12.6. The van der Waals surface area contributed by atoms with Crippen LogP contribution in [0.15, 0.2) is 17.5 Å². The van der Waals surface area contributed by atoms with Crippen molar-refractivity contribution in [3.05, 3.63) is 34.0 Å². The summed E-state index contributed by atoms with van der Waals surface area (Å²) in [5.74, 6) is 2.79. The first-order chi connectivity index (χ1) is 12.7. The van der Waals surface area contributed by atoms with Gasteiger partial charge in [-0.1, -0.05) is 13.0 Å². The summed E-state index contributed by atoms with van der Waals surface area (Å²) >= 11 is 1.64. The number of thiophene rings is 1. The lowest BCUT2D eigenvalue weighted by Gasteiger charge is -2.33. The molecule has 2 aromatic heterocycles. The van der Waals surface area contributed by atoms with Crippen molar-refractivity contribution in [3.8, 4) is 0 Å². The molecule has 7 heteroatoms. The van der Waals surface area contributed by atoms with E-state index in [0.717, 1.165) is 42.7 Å². The van der Waals surface area contributed by atoms with E-state index in [2.05, 4.69) is 26.6 Å². The van der Waals surface area contributed by atoms with Gasteiger partial charge in [-0.25, -0.2) is 0 Å². The number of nitrogens with zero attached hydrogens (tertiary/aromatic N) is 5. The maximum absolute atomic E-state index is 12.6. The second kappa shape index (κ2) is 7.88. The Labute approximate surface area is 158 Å². The lowest BCUT2D eigenvalue weighted by molar-refractivity contribution is -0.131. The number of carbonyl (C=O) groups excluding carboxylic acids is 1. The molecule has 1 fully saturated rings. The third-order valence-corrected chi connectivity index (χ3v) is 6.41. The van der Waals surface area contributed by atoms with Gasteiger partial charge < -0.3 is 14.4 Å². The summed E-state index contributed by atoms with van der Waals surface area (Å²) in [4.78, 5) is 18.2. The zero-order valence-corrected chi connectivity index (χ0v) is 16.2. The summed E-state index contributed by atoms with van der Waals surface area (Å²) in [6, 6.07) is 4.02. The molecule has 0 N–H and O–H groups in total. The number of carbonyl (C=O) groups is 1. The average molecular weight is 374 g/mol. The summed E-state index contributed by atoms with van der Waals surface area (Å²) in [5.41, 5.74) is 0. The van der Waals surface area contributed by atoms with Gasteiger partial charge in [0.25, 0.3) is 0 Å². The van der Waals surface area contributed by atoms with Crippen LogP contribution in [0.4, 0.5) is 0 Å². The minimum absolute atomic E-state index is 0.191. The minimum atomic E-state index is 0.191. The van der Waals surface area contributed by atoms with Crippen LogP contribution < -0.4 is 0 Å². The first kappa shape index (κ1) is 17.7. The molecule has 0 saturated carbocycles. The van der Waals surface area contributed by atoms with E-state index < -0.39 is 0 Å². The highest BCUT2D eigenvalue weighted by Crippen LogP contribution is 2.28. The van der Waals surface area contributed by atoms with Crippen LogP contribution in [0.5, 0.6) is 0 Å². The SMILES string of the molecule is CCCN1CCC(c2nnc3n2CCN(C(=O)Cc2cccs2)C3)CC1. The van der Waals surface area contributed by atoms with Gasteiger partial charge in [0.1, 0.15) is 5.82 Å². The van der Waals surface area contributed by atoms with Crippen molar-refractivity contribution in [3.63, 3.8) is 0 Å². The molecule has 2 aliphatic rings. The van der Waals surface area contributed by atoms with Gasteiger partial charge >= 0.3 is 0 Å². The van der Waals surface area contributed by atoms with Crippen molar-refractivity contribution in [2.45, 2.75) is 51.6 Å². The van der Waals surface area contributed by atoms with E-state index in [-0.39, 0.29) is 5.91 Å². The van der Waals surface area contributed by atoms with Crippen molar-refractivity contribution in [2.24, 2.45) is 0 Å². The molecular formula is C19H27N5OS. The number of amides is 1. The average Bonchev–Trinajstić information content (AvgIpc) is 3.31. The van der Waals surface area contributed by atoms with E-state index in [1.807, 2.05) is 22.4 Å². The fourth-order valence-electron chi connectivity index (χ4n) is 4.10.